The molecule has 0 aliphatic heterocycles. The van der Waals surface area contributed by atoms with E-state index in [2.05, 4.69) is 11.4 Å². The van der Waals surface area contributed by atoms with Crippen LogP contribution in [0.1, 0.15) is 45.4 Å². The molecule has 0 unspecified atom stereocenters. The van der Waals surface area contributed by atoms with Crippen LogP contribution < -0.4 is 0 Å². The molecular formula is C10H23O4PS. The standard InChI is InChI=1S/C10H23O4PS/c1-2-3-4-5-6-7-9-16-10-8-14-15(11,12)13/h2-10H2,1H3,(H2,11,12,13). The highest BCUT2D eigenvalue weighted by Crippen LogP contribution is 2.35. The van der Waals surface area contributed by atoms with E-state index in [1.807, 2.05) is 0 Å². The molecule has 0 spiro atoms. The number of phosphoric ester groups is 1. The Hall–Kier alpha value is 0.460. The zero-order valence-corrected chi connectivity index (χ0v) is 11.6. The van der Waals surface area contributed by atoms with Crippen LogP contribution in [0.5, 0.6) is 0 Å². The van der Waals surface area contributed by atoms with Crippen LogP contribution in [0.2, 0.25) is 0 Å². The van der Waals surface area contributed by atoms with Gasteiger partial charge in [-0.3, -0.25) is 4.52 Å². The number of hydrogen-bond donors (Lipinski definition) is 2. The molecule has 0 aliphatic carbocycles. The summed E-state index contributed by atoms with van der Waals surface area (Å²) < 4.78 is 14.7. The number of unbranched alkanes of at least 4 members (excludes halogenated alkanes) is 5. The van der Waals surface area contributed by atoms with Gasteiger partial charge in [-0.2, -0.15) is 11.8 Å². The molecule has 0 saturated carbocycles. The lowest BCUT2D eigenvalue weighted by Crippen LogP contribution is -1.95. The van der Waals surface area contributed by atoms with Crippen LogP contribution in [0.25, 0.3) is 0 Å². The molecule has 4 nitrogen and oxygen atoms in total. The van der Waals surface area contributed by atoms with Crippen LogP contribution in [0, 0.1) is 0 Å². The van der Waals surface area contributed by atoms with Crippen molar-refractivity contribution in [2.45, 2.75) is 45.4 Å². The lowest BCUT2D eigenvalue weighted by atomic mass is 10.1. The second-order valence-electron chi connectivity index (χ2n) is 3.70. The molecule has 0 saturated heterocycles. The number of hydrogen-bond acceptors (Lipinski definition) is 3. The number of rotatable bonds is 11. The van der Waals surface area contributed by atoms with Crippen LogP contribution in [-0.4, -0.2) is 27.9 Å². The van der Waals surface area contributed by atoms with E-state index in [4.69, 9.17) is 9.79 Å². The zero-order valence-electron chi connectivity index (χ0n) is 9.93. The molecule has 0 aromatic heterocycles. The first kappa shape index (κ1) is 16.5. The van der Waals surface area contributed by atoms with E-state index in [1.165, 1.54) is 38.5 Å². The maximum atomic E-state index is 10.3. The summed E-state index contributed by atoms with van der Waals surface area (Å²) in [5.41, 5.74) is 0. The minimum atomic E-state index is -4.25. The molecule has 0 atom stereocenters. The van der Waals surface area contributed by atoms with Gasteiger partial charge in [0.1, 0.15) is 0 Å². The molecule has 0 fully saturated rings. The summed E-state index contributed by atoms with van der Waals surface area (Å²) >= 11 is 1.69. The topological polar surface area (TPSA) is 66.8 Å². The third-order valence-electron chi connectivity index (χ3n) is 2.13. The normalized spacial score (nSPS) is 11.9. The molecule has 0 rings (SSSR count). The van der Waals surface area contributed by atoms with Gasteiger partial charge in [-0.25, -0.2) is 4.57 Å². The van der Waals surface area contributed by atoms with Crippen molar-refractivity contribution in [2.75, 3.05) is 18.1 Å². The predicted octanol–water partition coefficient (Wildman–Crippen LogP) is 3.19. The summed E-state index contributed by atoms with van der Waals surface area (Å²) in [7, 11) is -4.25. The number of phosphoric acid groups is 1. The second-order valence-corrected chi connectivity index (χ2v) is 6.17. The van der Waals surface area contributed by atoms with Crippen LogP contribution >= 0.6 is 19.6 Å². The van der Waals surface area contributed by atoms with E-state index in [1.54, 1.807) is 11.8 Å². The largest absolute Gasteiger partial charge is 0.469 e. The van der Waals surface area contributed by atoms with Crippen molar-refractivity contribution in [2.24, 2.45) is 0 Å². The molecule has 0 heterocycles. The Morgan fingerprint density at radius 2 is 1.69 bits per heavy atom. The van der Waals surface area contributed by atoms with E-state index >= 15 is 0 Å². The molecule has 0 bridgehead atoms. The third-order valence-corrected chi connectivity index (χ3v) is 3.68. The highest BCUT2D eigenvalue weighted by atomic mass is 32.2. The molecule has 98 valence electrons. The first-order valence-corrected chi connectivity index (χ1v) is 8.52. The van der Waals surface area contributed by atoms with Crippen LogP contribution in [0.3, 0.4) is 0 Å². The molecular weight excluding hydrogens is 247 g/mol. The lowest BCUT2D eigenvalue weighted by molar-refractivity contribution is 0.208. The van der Waals surface area contributed by atoms with Gasteiger partial charge in [-0.1, -0.05) is 39.0 Å². The zero-order chi connectivity index (χ0) is 12.3. The lowest BCUT2D eigenvalue weighted by Gasteiger charge is -2.04. The van der Waals surface area contributed by atoms with Gasteiger partial charge in [0.05, 0.1) is 6.61 Å². The molecule has 0 aromatic rings. The predicted molar refractivity (Wildman–Crippen MR) is 68.7 cm³/mol. The Labute approximate surface area is 102 Å². The fraction of sp³-hybridized carbons (Fsp3) is 1.00. The summed E-state index contributed by atoms with van der Waals surface area (Å²) in [6.45, 7) is 2.33. The summed E-state index contributed by atoms with van der Waals surface area (Å²) in [4.78, 5) is 16.8. The van der Waals surface area contributed by atoms with Crippen LogP contribution in [0.4, 0.5) is 0 Å². The summed E-state index contributed by atoms with van der Waals surface area (Å²) in [6.07, 6.45) is 7.66. The van der Waals surface area contributed by atoms with Crippen molar-refractivity contribution in [3.05, 3.63) is 0 Å². The molecule has 6 heteroatoms. The smallest absolute Gasteiger partial charge is 0.303 e. The second kappa shape index (κ2) is 10.6. The Kier molecular flexibility index (Phi) is 10.9. The molecule has 2 N–H and O–H groups in total. The highest BCUT2D eigenvalue weighted by molar-refractivity contribution is 7.99. The van der Waals surface area contributed by atoms with E-state index in [0.29, 0.717) is 5.75 Å². The monoisotopic (exact) mass is 270 g/mol. The Balaban J connectivity index is 3.02. The van der Waals surface area contributed by atoms with Crippen molar-refractivity contribution < 1.29 is 18.9 Å². The molecule has 0 radical (unpaired) electrons. The maximum Gasteiger partial charge on any atom is 0.469 e. The van der Waals surface area contributed by atoms with Crippen LogP contribution in [0.15, 0.2) is 0 Å². The van der Waals surface area contributed by atoms with Gasteiger partial charge in [-0.15, -0.1) is 0 Å². The maximum absolute atomic E-state index is 10.3. The van der Waals surface area contributed by atoms with E-state index in [9.17, 15) is 4.57 Å². The van der Waals surface area contributed by atoms with Gasteiger partial charge >= 0.3 is 7.82 Å². The minimum Gasteiger partial charge on any atom is -0.303 e. The van der Waals surface area contributed by atoms with Crippen molar-refractivity contribution >= 4 is 19.6 Å². The van der Waals surface area contributed by atoms with E-state index in [-0.39, 0.29) is 6.61 Å². The minimum absolute atomic E-state index is 0.130. The third kappa shape index (κ3) is 14.5. The van der Waals surface area contributed by atoms with E-state index < -0.39 is 7.82 Å². The number of thioether (sulfide) groups is 1. The van der Waals surface area contributed by atoms with Gasteiger partial charge < -0.3 is 9.79 Å². The average Bonchev–Trinajstić information content (AvgIpc) is 2.19. The molecule has 16 heavy (non-hydrogen) atoms. The fourth-order valence-electron chi connectivity index (χ4n) is 1.30. The van der Waals surface area contributed by atoms with Crippen molar-refractivity contribution in [3.8, 4) is 0 Å². The highest BCUT2D eigenvalue weighted by Gasteiger charge is 2.12. The first-order chi connectivity index (χ1) is 7.56. The Morgan fingerprint density at radius 1 is 1.06 bits per heavy atom. The van der Waals surface area contributed by atoms with Gasteiger partial charge in [0.15, 0.2) is 0 Å². The molecule has 0 aromatic carbocycles. The summed E-state index contributed by atoms with van der Waals surface area (Å²) in [5.74, 6) is 1.71. The summed E-state index contributed by atoms with van der Waals surface area (Å²) in [5, 5.41) is 0. The summed E-state index contributed by atoms with van der Waals surface area (Å²) in [6, 6.07) is 0. The van der Waals surface area contributed by atoms with Crippen LogP contribution in [-0.2, 0) is 9.09 Å². The van der Waals surface area contributed by atoms with Gasteiger partial charge in [0, 0.05) is 5.75 Å². The average molecular weight is 270 g/mol. The Morgan fingerprint density at radius 3 is 2.31 bits per heavy atom. The van der Waals surface area contributed by atoms with Crippen molar-refractivity contribution in [1.29, 1.82) is 0 Å². The van der Waals surface area contributed by atoms with Gasteiger partial charge in [0.2, 0.25) is 0 Å². The SMILES string of the molecule is CCCCCCCCSCCOP(=O)(O)O. The fourth-order valence-corrected chi connectivity index (χ4v) is 2.57. The van der Waals surface area contributed by atoms with Crippen molar-refractivity contribution in [3.63, 3.8) is 0 Å². The van der Waals surface area contributed by atoms with E-state index in [0.717, 1.165) is 5.75 Å². The molecule has 0 amide bonds. The Bertz CT molecular complexity index is 195. The quantitative estimate of drug-likeness (QED) is 0.446. The van der Waals surface area contributed by atoms with Gasteiger partial charge in [-0.05, 0) is 12.2 Å². The first-order valence-electron chi connectivity index (χ1n) is 5.84. The molecule has 0 aliphatic rings. The van der Waals surface area contributed by atoms with Gasteiger partial charge in [0.25, 0.3) is 0 Å². The van der Waals surface area contributed by atoms with Crippen molar-refractivity contribution in [1.82, 2.24) is 0 Å².